The van der Waals surface area contributed by atoms with Crippen LogP contribution in [0.3, 0.4) is 0 Å². The van der Waals surface area contributed by atoms with Crippen LogP contribution in [0.15, 0.2) is 48.7 Å². The molecule has 3 nitrogen and oxygen atoms in total. The average molecular weight is 240 g/mol. The van der Waals surface area contributed by atoms with Crippen LogP contribution in [0, 0.1) is 0 Å². The molecule has 1 fully saturated rings. The molecule has 0 aliphatic carbocycles. The minimum absolute atomic E-state index is 0.0753. The van der Waals surface area contributed by atoms with Gasteiger partial charge in [0.25, 0.3) is 0 Å². The monoisotopic (exact) mass is 240 g/mol. The smallest absolute Gasteiger partial charge is 0.0842 e. The van der Waals surface area contributed by atoms with Gasteiger partial charge in [0.2, 0.25) is 0 Å². The maximum atomic E-state index is 5.46. The number of benzene rings is 1. The summed E-state index contributed by atoms with van der Waals surface area (Å²) in [5.74, 6) is 0. The highest BCUT2D eigenvalue weighted by Gasteiger charge is 2.43. The molecule has 92 valence electrons. The van der Waals surface area contributed by atoms with E-state index in [1.165, 1.54) is 5.56 Å². The quantitative estimate of drug-likeness (QED) is 0.894. The van der Waals surface area contributed by atoms with Gasteiger partial charge < -0.3 is 10.1 Å². The van der Waals surface area contributed by atoms with Gasteiger partial charge in [-0.2, -0.15) is 0 Å². The lowest BCUT2D eigenvalue weighted by Crippen LogP contribution is -2.48. The van der Waals surface area contributed by atoms with Gasteiger partial charge in [0.1, 0.15) is 0 Å². The SMILES string of the molecule is CNc1cccc(C2(c3ccccn3)COC2)c1. The van der Waals surface area contributed by atoms with Gasteiger partial charge in [-0.1, -0.05) is 18.2 Å². The van der Waals surface area contributed by atoms with Crippen molar-refractivity contribution in [3.05, 3.63) is 59.9 Å². The van der Waals surface area contributed by atoms with Crippen molar-refractivity contribution >= 4 is 5.69 Å². The number of hydrogen-bond donors (Lipinski definition) is 1. The molecule has 0 unspecified atom stereocenters. The highest BCUT2D eigenvalue weighted by Crippen LogP contribution is 2.38. The van der Waals surface area contributed by atoms with E-state index in [0.717, 1.165) is 11.4 Å². The number of anilines is 1. The van der Waals surface area contributed by atoms with Gasteiger partial charge in [-0.05, 0) is 29.8 Å². The number of nitrogens with one attached hydrogen (secondary N) is 1. The molecule has 2 aromatic rings. The predicted molar refractivity (Wildman–Crippen MR) is 71.8 cm³/mol. The summed E-state index contributed by atoms with van der Waals surface area (Å²) in [7, 11) is 1.93. The van der Waals surface area contributed by atoms with Crippen LogP contribution >= 0.6 is 0 Å². The number of pyridine rings is 1. The topological polar surface area (TPSA) is 34.2 Å². The summed E-state index contributed by atoms with van der Waals surface area (Å²) < 4.78 is 5.46. The van der Waals surface area contributed by atoms with E-state index in [2.05, 4.69) is 40.6 Å². The number of nitrogens with zero attached hydrogens (tertiary/aromatic N) is 1. The van der Waals surface area contributed by atoms with E-state index >= 15 is 0 Å². The molecule has 0 bridgehead atoms. The second-order valence-corrected chi connectivity index (χ2v) is 4.62. The van der Waals surface area contributed by atoms with Crippen LogP contribution in [0.25, 0.3) is 0 Å². The van der Waals surface area contributed by atoms with Crippen LogP contribution in [0.5, 0.6) is 0 Å². The van der Waals surface area contributed by atoms with Crippen molar-refractivity contribution in [2.75, 3.05) is 25.6 Å². The van der Waals surface area contributed by atoms with Crippen LogP contribution in [0.4, 0.5) is 5.69 Å². The van der Waals surface area contributed by atoms with Crippen molar-refractivity contribution in [1.82, 2.24) is 4.98 Å². The molecule has 1 aromatic carbocycles. The molecule has 0 radical (unpaired) electrons. The van der Waals surface area contributed by atoms with Crippen LogP contribution < -0.4 is 5.32 Å². The van der Waals surface area contributed by atoms with E-state index in [9.17, 15) is 0 Å². The molecule has 0 atom stereocenters. The lowest BCUT2D eigenvalue weighted by molar-refractivity contribution is -0.0399. The van der Waals surface area contributed by atoms with E-state index in [1.54, 1.807) is 0 Å². The third-order valence-corrected chi connectivity index (χ3v) is 3.56. The number of aromatic nitrogens is 1. The first-order valence-electron chi connectivity index (χ1n) is 6.13. The van der Waals surface area contributed by atoms with Crippen molar-refractivity contribution in [1.29, 1.82) is 0 Å². The summed E-state index contributed by atoms with van der Waals surface area (Å²) in [6.45, 7) is 1.41. The third kappa shape index (κ3) is 1.68. The summed E-state index contributed by atoms with van der Waals surface area (Å²) in [5, 5.41) is 3.18. The molecular formula is C15H16N2O. The van der Waals surface area contributed by atoms with E-state index in [0.29, 0.717) is 13.2 Å². The predicted octanol–water partition coefficient (Wildman–Crippen LogP) is 2.44. The summed E-state index contributed by atoms with van der Waals surface area (Å²) in [4.78, 5) is 4.50. The average Bonchev–Trinajstić information content (AvgIpc) is 2.39. The zero-order valence-corrected chi connectivity index (χ0v) is 10.4. The van der Waals surface area contributed by atoms with E-state index in [-0.39, 0.29) is 5.41 Å². The largest absolute Gasteiger partial charge is 0.388 e. The van der Waals surface area contributed by atoms with Crippen molar-refractivity contribution in [2.45, 2.75) is 5.41 Å². The molecule has 0 amide bonds. The molecule has 1 aliphatic rings. The Labute approximate surface area is 107 Å². The van der Waals surface area contributed by atoms with Crippen molar-refractivity contribution in [2.24, 2.45) is 0 Å². The molecule has 18 heavy (non-hydrogen) atoms. The van der Waals surface area contributed by atoms with Gasteiger partial charge in [-0.15, -0.1) is 0 Å². The van der Waals surface area contributed by atoms with Crippen molar-refractivity contribution < 1.29 is 4.74 Å². The Hall–Kier alpha value is -1.87. The Morgan fingerprint density at radius 1 is 1.17 bits per heavy atom. The standard InChI is InChI=1S/C15H16N2O/c1-16-13-6-4-5-12(9-13)15(10-18-11-15)14-7-2-3-8-17-14/h2-9,16H,10-11H2,1H3. The molecule has 0 saturated carbocycles. The summed E-state index contributed by atoms with van der Waals surface area (Å²) in [6.07, 6.45) is 1.84. The van der Waals surface area contributed by atoms with Crippen LogP contribution in [-0.2, 0) is 10.2 Å². The maximum Gasteiger partial charge on any atom is 0.0842 e. The zero-order valence-electron chi connectivity index (χ0n) is 10.4. The Bertz CT molecular complexity index is 535. The first-order chi connectivity index (χ1) is 8.85. The number of rotatable bonds is 3. The summed E-state index contributed by atoms with van der Waals surface area (Å²) in [6, 6.07) is 14.5. The Morgan fingerprint density at radius 2 is 2.06 bits per heavy atom. The first-order valence-corrected chi connectivity index (χ1v) is 6.13. The molecule has 0 spiro atoms. The van der Waals surface area contributed by atoms with E-state index in [1.807, 2.05) is 25.4 Å². The van der Waals surface area contributed by atoms with Crippen LogP contribution in [0.2, 0.25) is 0 Å². The molecule has 1 saturated heterocycles. The maximum absolute atomic E-state index is 5.46. The summed E-state index contributed by atoms with van der Waals surface area (Å²) in [5.41, 5.74) is 3.40. The molecule has 1 aromatic heterocycles. The zero-order chi connectivity index (χ0) is 12.4. The van der Waals surface area contributed by atoms with E-state index in [4.69, 9.17) is 4.74 Å². The van der Waals surface area contributed by atoms with Crippen molar-refractivity contribution in [3.8, 4) is 0 Å². The molecule has 1 aliphatic heterocycles. The fraction of sp³-hybridized carbons (Fsp3) is 0.267. The second kappa shape index (κ2) is 4.42. The Balaban J connectivity index is 2.06. The Morgan fingerprint density at radius 3 is 2.67 bits per heavy atom. The van der Waals surface area contributed by atoms with Crippen molar-refractivity contribution in [3.63, 3.8) is 0 Å². The van der Waals surface area contributed by atoms with Gasteiger partial charge >= 0.3 is 0 Å². The highest BCUT2D eigenvalue weighted by molar-refractivity contribution is 5.50. The van der Waals surface area contributed by atoms with E-state index < -0.39 is 0 Å². The minimum atomic E-state index is -0.0753. The third-order valence-electron chi connectivity index (χ3n) is 3.56. The lowest BCUT2D eigenvalue weighted by Gasteiger charge is -2.41. The van der Waals surface area contributed by atoms with Gasteiger partial charge in [-0.3, -0.25) is 4.98 Å². The lowest BCUT2D eigenvalue weighted by atomic mass is 9.75. The van der Waals surface area contributed by atoms with Crippen LogP contribution in [-0.4, -0.2) is 25.2 Å². The number of hydrogen-bond acceptors (Lipinski definition) is 3. The van der Waals surface area contributed by atoms with Gasteiger partial charge in [0, 0.05) is 18.9 Å². The normalized spacial score (nSPS) is 16.9. The van der Waals surface area contributed by atoms with Gasteiger partial charge in [-0.25, -0.2) is 0 Å². The second-order valence-electron chi connectivity index (χ2n) is 4.62. The summed E-state index contributed by atoms with van der Waals surface area (Å²) >= 11 is 0. The molecular weight excluding hydrogens is 224 g/mol. The van der Waals surface area contributed by atoms with Crippen LogP contribution in [0.1, 0.15) is 11.3 Å². The van der Waals surface area contributed by atoms with Gasteiger partial charge in [0.05, 0.1) is 24.3 Å². The Kier molecular flexibility index (Phi) is 2.76. The molecule has 3 rings (SSSR count). The fourth-order valence-corrected chi connectivity index (χ4v) is 2.39. The first kappa shape index (κ1) is 11.2. The van der Waals surface area contributed by atoms with Gasteiger partial charge in [0.15, 0.2) is 0 Å². The molecule has 3 heteroatoms. The highest BCUT2D eigenvalue weighted by atomic mass is 16.5. The molecule has 2 heterocycles. The molecule has 1 N–H and O–H groups in total. The minimum Gasteiger partial charge on any atom is -0.388 e. The number of ether oxygens (including phenoxy) is 1. The fourth-order valence-electron chi connectivity index (χ4n) is 2.39.